The van der Waals surface area contributed by atoms with Crippen molar-refractivity contribution in [1.82, 2.24) is 4.72 Å². The smallest absolute Gasteiger partial charge is 0.299 e. The van der Waals surface area contributed by atoms with E-state index in [1.807, 2.05) is 0 Å². The van der Waals surface area contributed by atoms with Crippen LogP contribution in [0.1, 0.15) is 31.3 Å². The zero-order chi connectivity index (χ0) is 15.5. The van der Waals surface area contributed by atoms with E-state index in [4.69, 9.17) is 4.42 Å². The van der Waals surface area contributed by atoms with Crippen LogP contribution in [0.25, 0.3) is 0 Å². The number of para-hydroxylation sites is 1. The summed E-state index contributed by atoms with van der Waals surface area (Å²) in [4.78, 5) is 0. The minimum Gasteiger partial charge on any atom is -0.466 e. The molecule has 1 atom stereocenters. The second-order valence-electron chi connectivity index (χ2n) is 4.88. The fraction of sp³-hybridized carbons (Fsp3) is 0.286. The van der Waals surface area contributed by atoms with E-state index in [0.717, 1.165) is 0 Å². The Morgan fingerprint density at radius 1 is 1.14 bits per heavy atom. The zero-order valence-electron chi connectivity index (χ0n) is 11.8. The van der Waals surface area contributed by atoms with Crippen molar-refractivity contribution in [2.75, 3.05) is 4.72 Å². The average molecular weight is 310 g/mol. The molecule has 0 radical (unpaired) electrons. The number of hydrogen-bond donors (Lipinski definition) is 3. The van der Waals surface area contributed by atoms with Crippen LogP contribution in [0.4, 0.5) is 5.69 Å². The molecule has 0 fully saturated rings. The van der Waals surface area contributed by atoms with Gasteiger partial charge in [-0.3, -0.25) is 4.72 Å². The van der Waals surface area contributed by atoms with Crippen molar-refractivity contribution in [3.8, 4) is 0 Å². The van der Waals surface area contributed by atoms with Crippen molar-refractivity contribution in [2.24, 2.45) is 0 Å². The molecule has 3 N–H and O–H groups in total. The van der Waals surface area contributed by atoms with Gasteiger partial charge in [-0.1, -0.05) is 18.2 Å². The molecule has 1 unspecified atom stereocenters. The fourth-order valence-electron chi connectivity index (χ4n) is 1.91. The van der Waals surface area contributed by atoms with Gasteiger partial charge in [-0.15, -0.1) is 0 Å². The molecule has 114 valence electrons. The van der Waals surface area contributed by atoms with Gasteiger partial charge in [0.1, 0.15) is 11.9 Å². The molecule has 0 aliphatic rings. The lowest BCUT2D eigenvalue weighted by Crippen LogP contribution is -2.35. The Kier molecular flexibility index (Phi) is 4.66. The molecule has 0 aliphatic carbocycles. The van der Waals surface area contributed by atoms with E-state index < -0.39 is 16.3 Å². The first-order valence-corrected chi connectivity index (χ1v) is 7.98. The Morgan fingerprint density at radius 2 is 1.86 bits per heavy atom. The maximum Gasteiger partial charge on any atom is 0.299 e. The van der Waals surface area contributed by atoms with Gasteiger partial charge in [0.15, 0.2) is 0 Å². The normalized spacial score (nSPS) is 13.3. The minimum atomic E-state index is -3.70. The van der Waals surface area contributed by atoms with Crippen molar-refractivity contribution in [1.29, 1.82) is 0 Å². The molecule has 7 heteroatoms. The van der Waals surface area contributed by atoms with Gasteiger partial charge in [0, 0.05) is 11.6 Å². The number of aliphatic hydroxyl groups excluding tert-OH is 1. The van der Waals surface area contributed by atoms with Crippen LogP contribution in [0, 0.1) is 0 Å². The van der Waals surface area contributed by atoms with Gasteiger partial charge >= 0.3 is 0 Å². The molecule has 21 heavy (non-hydrogen) atoms. The number of furan rings is 1. The van der Waals surface area contributed by atoms with Gasteiger partial charge in [-0.05, 0) is 32.0 Å². The first-order valence-electron chi connectivity index (χ1n) is 6.49. The summed E-state index contributed by atoms with van der Waals surface area (Å²) >= 11 is 0. The summed E-state index contributed by atoms with van der Waals surface area (Å²) in [5.74, 6) is 0.346. The summed E-state index contributed by atoms with van der Waals surface area (Å²) in [5.41, 5.74) is 0.719. The predicted octanol–water partition coefficient (Wildman–Crippen LogP) is 2.02. The number of aliphatic hydroxyl groups is 1. The summed E-state index contributed by atoms with van der Waals surface area (Å²) < 4.78 is 33.9. The molecule has 0 amide bonds. The van der Waals surface area contributed by atoms with Gasteiger partial charge in [0.2, 0.25) is 0 Å². The van der Waals surface area contributed by atoms with Crippen LogP contribution in [-0.2, 0) is 10.2 Å². The maximum atomic E-state index is 11.9. The Hall–Kier alpha value is -1.83. The van der Waals surface area contributed by atoms with E-state index in [0.29, 0.717) is 17.0 Å². The molecule has 0 bridgehead atoms. The third-order valence-corrected chi connectivity index (χ3v) is 3.97. The minimum absolute atomic E-state index is 0.232. The van der Waals surface area contributed by atoms with E-state index in [9.17, 15) is 13.5 Å². The Bertz CT molecular complexity index is 681. The Morgan fingerprint density at radius 3 is 2.48 bits per heavy atom. The lowest BCUT2D eigenvalue weighted by Gasteiger charge is -2.17. The van der Waals surface area contributed by atoms with Crippen molar-refractivity contribution in [3.05, 3.63) is 54.0 Å². The standard InChI is InChI=1S/C14H18N2O4S/c1-10(2)15-21(18,19)16-12-7-4-3-6-11(12)14(17)13-8-5-9-20-13/h3-10,14-17H,1-2H3. The predicted molar refractivity (Wildman–Crippen MR) is 80.0 cm³/mol. The highest BCUT2D eigenvalue weighted by atomic mass is 32.2. The van der Waals surface area contributed by atoms with E-state index in [-0.39, 0.29) is 6.04 Å². The van der Waals surface area contributed by atoms with Crippen LogP contribution in [0.15, 0.2) is 47.1 Å². The number of benzene rings is 1. The molecular formula is C14H18N2O4S. The first kappa shape index (κ1) is 15.6. The van der Waals surface area contributed by atoms with E-state index in [1.165, 1.54) is 6.26 Å². The Balaban J connectivity index is 2.29. The van der Waals surface area contributed by atoms with Crippen molar-refractivity contribution >= 4 is 15.9 Å². The van der Waals surface area contributed by atoms with Crippen LogP contribution >= 0.6 is 0 Å². The first-order chi connectivity index (χ1) is 9.89. The van der Waals surface area contributed by atoms with Crippen LogP contribution in [0.2, 0.25) is 0 Å². The van der Waals surface area contributed by atoms with Crippen molar-refractivity contribution < 1.29 is 17.9 Å². The summed E-state index contributed by atoms with van der Waals surface area (Å²) in [6.45, 7) is 3.45. The molecule has 0 saturated carbocycles. The van der Waals surface area contributed by atoms with E-state index in [1.54, 1.807) is 50.2 Å². The SMILES string of the molecule is CC(C)NS(=O)(=O)Nc1ccccc1C(O)c1ccco1. The molecule has 6 nitrogen and oxygen atoms in total. The summed E-state index contributed by atoms with van der Waals surface area (Å²) in [5, 5.41) is 10.3. The second-order valence-corrected chi connectivity index (χ2v) is 6.33. The third kappa shape index (κ3) is 4.07. The lowest BCUT2D eigenvalue weighted by molar-refractivity contribution is 0.190. The number of nitrogens with one attached hydrogen (secondary N) is 2. The molecule has 1 heterocycles. The molecular weight excluding hydrogens is 292 g/mol. The number of anilines is 1. The largest absolute Gasteiger partial charge is 0.466 e. The van der Waals surface area contributed by atoms with Gasteiger partial charge in [0.05, 0.1) is 12.0 Å². The van der Waals surface area contributed by atoms with Crippen LogP contribution < -0.4 is 9.44 Å². The number of hydrogen-bond acceptors (Lipinski definition) is 4. The van der Waals surface area contributed by atoms with Crippen molar-refractivity contribution in [2.45, 2.75) is 26.0 Å². The third-order valence-electron chi connectivity index (χ3n) is 2.70. The molecule has 2 rings (SSSR count). The van der Waals surface area contributed by atoms with Crippen LogP contribution in [0.3, 0.4) is 0 Å². The molecule has 1 aromatic heterocycles. The lowest BCUT2D eigenvalue weighted by atomic mass is 10.1. The van der Waals surface area contributed by atoms with Gasteiger partial charge in [-0.2, -0.15) is 13.1 Å². The molecule has 0 aliphatic heterocycles. The van der Waals surface area contributed by atoms with Crippen LogP contribution in [0.5, 0.6) is 0 Å². The summed E-state index contributed by atoms with van der Waals surface area (Å²) in [7, 11) is -3.70. The fourth-order valence-corrected chi connectivity index (χ4v) is 3.07. The van der Waals surface area contributed by atoms with E-state index in [2.05, 4.69) is 9.44 Å². The van der Waals surface area contributed by atoms with E-state index >= 15 is 0 Å². The highest BCUT2D eigenvalue weighted by Crippen LogP contribution is 2.28. The number of rotatable bonds is 6. The Labute approximate surface area is 124 Å². The quantitative estimate of drug-likeness (QED) is 0.761. The van der Waals surface area contributed by atoms with Gasteiger partial charge in [0.25, 0.3) is 10.2 Å². The molecule has 0 saturated heterocycles. The van der Waals surface area contributed by atoms with Gasteiger partial charge in [-0.25, -0.2) is 0 Å². The maximum absolute atomic E-state index is 11.9. The highest BCUT2D eigenvalue weighted by Gasteiger charge is 2.20. The molecule has 1 aromatic carbocycles. The van der Waals surface area contributed by atoms with Crippen molar-refractivity contribution in [3.63, 3.8) is 0 Å². The summed E-state index contributed by atoms with van der Waals surface area (Å²) in [6, 6.07) is 9.68. The summed E-state index contributed by atoms with van der Waals surface area (Å²) in [6.07, 6.45) is 0.406. The highest BCUT2D eigenvalue weighted by molar-refractivity contribution is 7.90. The zero-order valence-corrected chi connectivity index (χ0v) is 12.6. The average Bonchev–Trinajstić information content (AvgIpc) is 2.90. The van der Waals surface area contributed by atoms with Gasteiger partial charge < -0.3 is 9.52 Å². The molecule has 0 spiro atoms. The molecule has 2 aromatic rings. The second kappa shape index (κ2) is 6.30. The topological polar surface area (TPSA) is 91.6 Å². The monoisotopic (exact) mass is 310 g/mol. The van der Waals surface area contributed by atoms with Crippen LogP contribution in [-0.4, -0.2) is 19.6 Å².